The maximum Gasteiger partial charge on any atom is 0.219 e. The van der Waals surface area contributed by atoms with Crippen molar-refractivity contribution in [2.75, 3.05) is 47.3 Å². The van der Waals surface area contributed by atoms with Gasteiger partial charge in [-0.25, -0.2) is 0 Å². The van der Waals surface area contributed by atoms with Crippen LogP contribution in [0, 0.1) is 0 Å². The summed E-state index contributed by atoms with van der Waals surface area (Å²) < 4.78 is 0. The highest BCUT2D eigenvalue weighted by molar-refractivity contribution is 5.75. The number of carbonyl (C=O) groups excluding carboxylic acids is 1. The summed E-state index contributed by atoms with van der Waals surface area (Å²) in [4.78, 5) is 16.5. The molecule has 0 aromatic carbocycles. The predicted octanol–water partition coefficient (Wildman–Crippen LogP) is 5.47. The van der Waals surface area contributed by atoms with Crippen molar-refractivity contribution < 1.29 is 4.79 Å². The largest absolute Gasteiger partial charge is 0.356 e. The van der Waals surface area contributed by atoms with Crippen LogP contribution in [0.3, 0.4) is 0 Å². The highest BCUT2D eigenvalue weighted by atomic mass is 16.1. The Morgan fingerprint density at radius 2 is 1.14 bits per heavy atom. The molecule has 168 valence electrons. The van der Waals surface area contributed by atoms with Gasteiger partial charge in [0, 0.05) is 13.0 Å². The Balaban J connectivity index is 3.29. The van der Waals surface area contributed by atoms with E-state index in [1.165, 1.54) is 83.6 Å². The quantitative estimate of drug-likeness (QED) is 0.261. The van der Waals surface area contributed by atoms with E-state index in [1.807, 2.05) is 0 Å². The highest BCUT2D eigenvalue weighted by Crippen LogP contribution is 2.11. The van der Waals surface area contributed by atoms with Crippen molar-refractivity contribution in [3.8, 4) is 0 Å². The molecular formula is C24H51N3O. The molecule has 4 nitrogen and oxygen atoms in total. The van der Waals surface area contributed by atoms with Gasteiger partial charge in [-0.3, -0.25) is 4.79 Å². The fourth-order valence-electron chi connectivity index (χ4n) is 3.54. The second-order valence-corrected chi connectivity index (χ2v) is 8.80. The highest BCUT2D eigenvalue weighted by Gasteiger charge is 2.02. The van der Waals surface area contributed by atoms with Crippen molar-refractivity contribution in [2.24, 2.45) is 0 Å². The number of nitrogens with zero attached hydrogens (tertiary/aromatic N) is 2. The number of rotatable bonds is 21. The van der Waals surface area contributed by atoms with Crippen LogP contribution in [-0.4, -0.2) is 63.0 Å². The molecule has 0 saturated carbocycles. The van der Waals surface area contributed by atoms with Gasteiger partial charge in [-0.2, -0.15) is 0 Å². The molecule has 0 unspecified atom stereocenters. The van der Waals surface area contributed by atoms with Crippen LogP contribution in [0.2, 0.25) is 0 Å². The molecule has 0 heterocycles. The summed E-state index contributed by atoms with van der Waals surface area (Å²) >= 11 is 0. The van der Waals surface area contributed by atoms with Gasteiger partial charge >= 0.3 is 0 Å². The van der Waals surface area contributed by atoms with E-state index in [2.05, 4.69) is 43.2 Å². The number of hydrogen-bond donors (Lipinski definition) is 1. The third kappa shape index (κ3) is 21.7. The molecule has 28 heavy (non-hydrogen) atoms. The maximum atomic E-state index is 11.9. The lowest BCUT2D eigenvalue weighted by Gasteiger charge is -2.17. The van der Waals surface area contributed by atoms with Crippen molar-refractivity contribution in [3.63, 3.8) is 0 Å². The maximum absolute atomic E-state index is 11.9. The van der Waals surface area contributed by atoms with E-state index in [-0.39, 0.29) is 5.91 Å². The zero-order valence-corrected chi connectivity index (χ0v) is 19.7. The van der Waals surface area contributed by atoms with Gasteiger partial charge in [-0.15, -0.1) is 0 Å². The Morgan fingerprint density at radius 1 is 0.643 bits per heavy atom. The van der Waals surface area contributed by atoms with E-state index in [4.69, 9.17) is 0 Å². The summed E-state index contributed by atoms with van der Waals surface area (Å²) in [6, 6.07) is 0. The lowest BCUT2D eigenvalue weighted by Crippen LogP contribution is -2.28. The van der Waals surface area contributed by atoms with E-state index in [1.54, 1.807) is 0 Å². The van der Waals surface area contributed by atoms with Crippen LogP contribution >= 0.6 is 0 Å². The van der Waals surface area contributed by atoms with Crippen LogP contribution in [-0.2, 0) is 4.79 Å². The van der Waals surface area contributed by atoms with Crippen LogP contribution in [0.4, 0.5) is 0 Å². The summed E-state index contributed by atoms with van der Waals surface area (Å²) in [7, 11) is 6.44. The van der Waals surface area contributed by atoms with E-state index in [0.717, 1.165) is 32.5 Å². The summed E-state index contributed by atoms with van der Waals surface area (Å²) in [5.74, 6) is 0.240. The lowest BCUT2D eigenvalue weighted by molar-refractivity contribution is -0.121. The summed E-state index contributed by atoms with van der Waals surface area (Å²) in [6.45, 7) is 6.48. The zero-order chi connectivity index (χ0) is 20.9. The minimum Gasteiger partial charge on any atom is -0.356 e. The molecule has 0 spiro atoms. The molecule has 4 heteroatoms. The molecule has 0 radical (unpaired) electrons. The fraction of sp³-hybridized carbons (Fsp3) is 0.958. The number of amides is 1. The second-order valence-electron chi connectivity index (χ2n) is 8.80. The Hall–Kier alpha value is -0.610. The SMILES string of the molecule is CCCCCCCCCCCCCC(=O)NCCCN(C)CCCCN(C)C. The summed E-state index contributed by atoms with van der Waals surface area (Å²) in [5.41, 5.74) is 0. The van der Waals surface area contributed by atoms with Crippen molar-refractivity contribution in [3.05, 3.63) is 0 Å². The number of hydrogen-bond acceptors (Lipinski definition) is 3. The first-order valence-corrected chi connectivity index (χ1v) is 12.2. The molecule has 0 aromatic rings. The molecule has 0 aliphatic carbocycles. The predicted molar refractivity (Wildman–Crippen MR) is 124 cm³/mol. The molecule has 0 atom stereocenters. The van der Waals surface area contributed by atoms with E-state index < -0.39 is 0 Å². The van der Waals surface area contributed by atoms with Gasteiger partial charge in [0.25, 0.3) is 0 Å². The lowest BCUT2D eigenvalue weighted by atomic mass is 10.1. The Kier molecular flexibility index (Phi) is 20.6. The molecule has 0 fully saturated rings. The van der Waals surface area contributed by atoms with Gasteiger partial charge in [0.05, 0.1) is 0 Å². The van der Waals surface area contributed by atoms with Crippen molar-refractivity contribution >= 4 is 5.91 Å². The van der Waals surface area contributed by atoms with E-state index >= 15 is 0 Å². The van der Waals surface area contributed by atoms with Crippen LogP contribution in [0.5, 0.6) is 0 Å². The van der Waals surface area contributed by atoms with Crippen LogP contribution in [0.15, 0.2) is 0 Å². The fourth-order valence-corrected chi connectivity index (χ4v) is 3.54. The topological polar surface area (TPSA) is 35.6 Å². The average molecular weight is 398 g/mol. The number of carbonyl (C=O) groups is 1. The van der Waals surface area contributed by atoms with Gasteiger partial charge in [-0.1, -0.05) is 71.1 Å². The summed E-state index contributed by atoms with van der Waals surface area (Å²) in [5, 5.41) is 3.08. The van der Waals surface area contributed by atoms with Crippen LogP contribution in [0.1, 0.15) is 103 Å². The minimum absolute atomic E-state index is 0.240. The van der Waals surface area contributed by atoms with Gasteiger partial charge in [0.15, 0.2) is 0 Å². The smallest absolute Gasteiger partial charge is 0.219 e. The van der Waals surface area contributed by atoms with Crippen LogP contribution in [0.25, 0.3) is 0 Å². The molecule has 0 rings (SSSR count). The first kappa shape index (κ1) is 27.4. The molecule has 0 aliphatic rings. The molecular weight excluding hydrogens is 346 g/mol. The first-order valence-electron chi connectivity index (χ1n) is 12.2. The van der Waals surface area contributed by atoms with E-state index in [0.29, 0.717) is 6.42 Å². The van der Waals surface area contributed by atoms with Gasteiger partial charge in [0.1, 0.15) is 0 Å². The van der Waals surface area contributed by atoms with E-state index in [9.17, 15) is 4.79 Å². The van der Waals surface area contributed by atoms with Crippen molar-refractivity contribution in [1.82, 2.24) is 15.1 Å². The van der Waals surface area contributed by atoms with Crippen molar-refractivity contribution in [2.45, 2.75) is 103 Å². The number of unbranched alkanes of at least 4 members (excludes halogenated alkanes) is 11. The monoisotopic (exact) mass is 397 g/mol. The molecule has 0 aromatic heterocycles. The summed E-state index contributed by atoms with van der Waals surface area (Å²) in [6.07, 6.45) is 18.9. The Morgan fingerprint density at radius 3 is 1.71 bits per heavy atom. The minimum atomic E-state index is 0.240. The molecule has 1 amide bonds. The molecule has 0 aliphatic heterocycles. The van der Waals surface area contributed by atoms with Crippen molar-refractivity contribution in [1.29, 1.82) is 0 Å². The molecule has 0 saturated heterocycles. The first-order chi connectivity index (χ1) is 13.6. The normalized spacial score (nSPS) is 11.5. The molecule has 1 N–H and O–H groups in total. The standard InChI is InChI=1S/C24H51N3O/c1-5-6-7-8-9-10-11-12-13-14-15-19-24(28)25-20-18-23-27(4)22-17-16-21-26(2)3/h5-23H2,1-4H3,(H,25,28). The Labute approximate surface area is 176 Å². The zero-order valence-electron chi connectivity index (χ0n) is 19.7. The average Bonchev–Trinajstić information content (AvgIpc) is 2.66. The second kappa shape index (κ2) is 21.1. The number of nitrogens with one attached hydrogen (secondary N) is 1. The third-order valence-corrected chi connectivity index (χ3v) is 5.44. The van der Waals surface area contributed by atoms with Crippen LogP contribution < -0.4 is 5.32 Å². The van der Waals surface area contributed by atoms with Gasteiger partial charge in [0.2, 0.25) is 5.91 Å². The molecule has 0 bridgehead atoms. The third-order valence-electron chi connectivity index (χ3n) is 5.44. The van der Waals surface area contributed by atoms with Gasteiger partial charge < -0.3 is 15.1 Å². The Bertz CT molecular complexity index is 334. The van der Waals surface area contributed by atoms with Gasteiger partial charge in [-0.05, 0) is 66.5 Å².